The fourth-order valence-corrected chi connectivity index (χ4v) is 2.95. The van der Waals surface area contributed by atoms with Crippen LogP contribution in [0.25, 0.3) is 0 Å². The van der Waals surface area contributed by atoms with E-state index in [0.29, 0.717) is 13.1 Å². The van der Waals surface area contributed by atoms with Crippen LogP contribution in [0.1, 0.15) is 30.7 Å². The van der Waals surface area contributed by atoms with Gasteiger partial charge in [0, 0.05) is 46.3 Å². The highest BCUT2D eigenvalue weighted by atomic mass is 32.1. The van der Waals surface area contributed by atoms with E-state index in [0.717, 1.165) is 54.6 Å². The number of hydrogen-bond donors (Lipinski definition) is 2. The molecule has 2 rings (SSSR count). The molecule has 0 bridgehead atoms. The number of anilines is 1. The molecular formula is C17H30N8OS. The van der Waals surface area contributed by atoms with E-state index >= 15 is 0 Å². The van der Waals surface area contributed by atoms with Gasteiger partial charge in [0.1, 0.15) is 5.82 Å². The number of hydrogen-bond acceptors (Lipinski definition) is 7. The van der Waals surface area contributed by atoms with E-state index in [1.54, 1.807) is 11.3 Å². The molecule has 0 saturated carbocycles. The van der Waals surface area contributed by atoms with Gasteiger partial charge >= 0.3 is 0 Å². The van der Waals surface area contributed by atoms with Gasteiger partial charge < -0.3 is 24.8 Å². The number of aromatic nitrogens is 4. The fraction of sp³-hybridized carbons (Fsp3) is 0.647. The Kier molecular flexibility index (Phi) is 8.46. The monoisotopic (exact) mass is 394 g/mol. The average molecular weight is 395 g/mol. The van der Waals surface area contributed by atoms with Crippen molar-refractivity contribution in [2.24, 2.45) is 12.0 Å². The van der Waals surface area contributed by atoms with Crippen LogP contribution < -0.4 is 15.5 Å². The van der Waals surface area contributed by atoms with Crippen LogP contribution in [-0.2, 0) is 24.9 Å². The highest BCUT2D eigenvalue weighted by Gasteiger charge is 2.07. The van der Waals surface area contributed by atoms with Crippen LogP contribution in [0.2, 0.25) is 0 Å². The van der Waals surface area contributed by atoms with Gasteiger partial charge in [-0.05, 0) is 20.3 Å². The Labute approximate surface area is 164 Å². The van der Waals surface area contributed by atoms with E-state index in [9.17, 15) is 0 Å². The largest absolute Gasteiger partial charge is 0.382 e. The van der Waals surface area contributed by atoms with Gasteiger partial charge in [0.05, 0.1) is 18.8 Å². The number of aryl methyl sites for hydroxylation is 1. The minimum atomic E-state index is 0.517. The van der Waals surface area contributed by atoms with Crippen molar-refractivity contribution in [1.82, 2.24) is 30.4 Å². The van der Waals surface area contributed by atoms with Gasteiger partial charge in [-0.1, -0.05) is 0 Å². The second-order valence-electron chi connectivity index (χ2n) is 6.23. The molecule has 0 radical (unpaired) electrons. The number of nitrogens with one attached hydrogen (secondary N) is 2. The molecule has 0 atom stereocenters. The lowest BCUT2D eigenvalue weighted by atomic mass is 10.4. The third-order valence-corrected chi connectivity index (χ3v) is 4.94. The first-order valence-electron chi connectivity index (χ1n) is 9.07. The van der Waals surface area contributed by atoms with Crippen molar-refractivity contribution in [3.8, 4) is 0 Å². The van der Waals surface area contributed by atoms with Crippen molar-refractivity contribution in [2.75, 3.05) is 38.8 Å². The van der Waals surface area contributed by atoms with Gasteiger partial charge in [0.2, 0.25) is 0 Å². The maximum absolute atomic E-state index is 5.38. The van der Waals surface area contributed by atoms with Crippen molar-refractivity contribution in [3.05, 3.63) is 22.7 Å². The molecule has 2 aromatic rings. The Morgan fingerprint density at radius 2 is 2.15 bits per heavy atom. The van der Waals surface area contributed by atoms with Crippen LogP contribution in [0, 0.1) is 6.92 Å². The van der Waals surface area contributed by atoms with Crippen LogP contribution >= 0.6 is 11.3 Å². The van der Waals surface area contributed by atoms with Crippen LogP contribution in [0.4, 0.5) is 5.13 Å². The summed E-state index contributed by atoms with van der Waals surface area (Å²) >= 11 is 1.62. The van der Waals surface area contributed by atoms with Gasteiger partial charge in [0.25, 0.3) is 0 Å². The predicted molar refractivity (Wildman–Crippen MR) is 109 cm³/mol. The molecule has 0 fully saturated rings. The number of guanidine groups is 1. The number of aliphatic imine (C=N–C) groups is 1. The van der Waals surface area contributed by atoms with Gasteiger partial charge in [-0.3, -0.25) is 0 Å². The fourth-order valence-electron chi connectivity index (χ4n) is 2.20. The third-order valence-electron chi connectivity index (χ3n) is 3.88. The highest BCUT2D eigenvalue weighted by Crippen LogP contribution is 2.18. The highest BCUT2D eigenvalue weighted by molar-refractivity contribution is 7.13. The van der Waals surface area contributed by atoms with E-state index in [1.165, 1.54) is 0 Å². The van der Waals surface area contributed by atoms with Gasteiger partial charge in [0.15, 0.2) is 16.9 Å². The molecule has 0 aliphatic heterocycles. The first-order chi connectivity index (χ1) is 13.0. The zero-order chi connectivity index (χ0) is 19.6. The second kappa shape index (κ2) is 10.8. The number of nitrogens with zero attached hydrogens (tertiary/aromatic N) is 6. The first kappa shape index (κ1) is 21.1. The zero-order valence-electron chi connectivity index (χ0n) is 16.8. The van der Waals surface area contributed by atoms with E-state index in [1.807, 2.05) is 49.8 Å². The average Bonchev–Trinajstić information content (AvgIpc) is 3.25. The molecule has 0 aliphatic rings. The summed E-state index contributed by atoms with van der Waals surface area (Å²) in [5.41, 5.74) is 0.952. The summed E-state index contributed by atoms with van der Waals surface area (Å²) in [6.45, 7) is 7.25. The van der Waals surface area contributed by atoms with Crippen LogP contribution in [0.5, 0.6) is 0 Å². The van der Waals surface area contributed by atoms with Gasteiger partial charge in [-0.2, -0.15) is 0 Å². The van der Waals surface area contributed by atoms with Gasteiger partial charge in [-0.25, -0.2) is 9.98 Å². The Morgan fingerprint density at radius 1 is 1.33 bits per heavy atom. The summed E-state index contributed by atoms with van der Waals surface area (Å²) in [7, 11) is 5.93. The lowest BCUT2D eigenvalue weighted by molar-refractivity contribution is 0.145. The van der Waals surface area contributed by atoms with Crippen molar-refractivity contribution in [1.29, 1.82) is 0 Å². The second-order valence-corrected chi connectivity index (χ2v) is 7.07. The molecule has 0 amide bonds. The Balaban J connectivity index is 1.95. The van der Waals surface area contributed by atoms with Gasteiger partial charge in [-0.15, -0.1) is 21.5 Å². The Bertz CT molecular complexity index is 724. The number of thiazole rings is 1. The maximum atomic E-state index is 5.38. The van der Waals surface area contributed by atoms with Crippen molar-refractivity contribution in [2.45, 2.75) is 33.4 Å². The maximum Gasteiger partial charge on any atom is 0.192 e. The zero-order valence-corrected chi connectivity index (χ0v) is 17.6. The van der Waals surface area contributed by atoms with Crippen LogP contribution in [0.15, 0.2) is 10.4 Å². The molecule has 9 nitrogen and oxygen atoms in total. The van der Waals surface area contributed by atoms with Crippen LogP contribution in [-0.4, -0.2) is 59.6 Å². The smallest absolute Gasteiger partial charge is 0.192 e. The normalized spacial score (nSPS) is 11.7. The van der Waals surface area contributed by atoms with E-state index in [4.69, 9.17) is 4.74 Å². The summed E-state index contributed by atoms with van der Waals surface area (Å²) in [5, 5.41) is 17.9. The lowest BCUT2D eigenvalue weighted by Gasteiger charge is -2.12. The first-order valence-corrected chi connectivity index (χ1v) is 9.95. The van der Waals surface area contributed by atoms with Crippen molar-refractivity contribution >= 4 is 22.4 Å². The summed E-state index contributed by atoms with van der Waals surface area (Å²) in [6, 6.07) is 0. The van der Waals surface area contributed by atoms with E-state index in [-0.39, 0.29) is 0 Å². The SMILES string of the molecule is CCOCCCNC(=NCc1csc(N(C)C)n1)NCc1nnc(C)n1C. The molecule has 0 spiro atoms. The Hall–Kier alpha value is -2.20. The van der Waals surface area contributed by atoms with Crippen molar-refractivity contribution < 1.29 is 4.74 Å². The topological polar surface area (TPSA) is 92.5 Å². The molecule has 0 aromatic carbocycles. The summed E-state index contributed by atoms with van der Waals surface area (Å²) in [4.78, 5) is 11.2. The molecule has 10 heteroatoms. The molecule has 0 saturated heterocycles. The van der Waals surface area contributed by atoms with E-state index in [2.05, 4.69) is 30.8 Å². The minimum absolute atomic E-state index is 0.517. The molecule has 0 unspecified atom stereocenters. The molecule has 2 N–H and O–H groups in total. The summed E-state index contributed by atoms with van der Waals surface area (Å²) in [5.74, 6) is 2.47. The third kappa shape index (κ3) is 6.79. The molecule has 150 valence electrons. The minimum Gasteiger partial charge on any atom is -0.382 e. The Morgan fingerprint density at radius 3 is 2.78 bits per heavy atom. The molecule has 0 aliphatic carbocycles. The molecule has 2 aromatic heterocycles. The summed E-state index contributed by atoms with van der Waals surface area (Å²) < 4.78 is 7.34. The van der Waals surface area contributed by atoms with E-state index < -0.39 is 0 Å². The molecule has 27 heavy (non-hydrogen) atoms. The quantitative estimate of drug-likeness (QED) is 0.356. The van der Waals surface area contributed by atoms with Crippen molar-refractivity contribution in [3.63, 3.8) is 0 Å². The lowest BCUT2D eigenvalue weighted by Crippen LogP contribution is -2.38. The molecule has 2 heterocycles. The van der Waals surface area contributed by atoms with Crippen LogP contribution in [0.3, 0.4) is 0 Å². The summed E-state index contributed by atoms with van der Waals surface area (Å²) in [6.07, 6.45) is 0.916. The number of rotatable bonds is 10. The standard InChI is InChI=1S/C17H30N8OS/c1-6-26-9-7-8-18-16(20-11-15-23-22-13(2)25(15)5)19-10-14-12-27-17(21-14)24(3)4/h12H,6-11H2,1-5H3,(H2,18,19,20). The predicted octanol–water partition coefficient (Wildman–Crippen LogP) is 1.31. The molecular weight excluding hydrogens is 364 g/mol. The number of ether oxygens (including phenoxy) is 1.